The molecule has 1 aliphatic carbocycles. The Balaban J connectivity index is 1.91. The molecule has 1 fully saturated rings. The SMILES string of the molecule is Cc1cnccc1-n1nc(C2CC2)nc1-c1ccc(=S)[nH]c1. The third-order valence-electron chi connectivity index (χ3n) is 3.83. The number of nitrogens with zero attached hydrogens (tertiary/aromatic N) is 4. The Labute approximate surface area is 133 Å². The highest BCUT2D eigenvalue weighted by molar-refractivity contribution is 7.71. The predicted molar refractivity (Wildman–Crippen MR) is 86.5 cm³/mol. The Morgan fingerprint density at radius 1 is 1.27 bits per heavy atom. The highest BCUT2D eigenvalue weighted by Gasteiger charge is 2.29. The molecule has 0 saturated heterocycles. The van der Waals surface area contributed by atoms with Crippen molar-refractivity contribution in [3.63, 3.8) is 0 Å². The number of hydrogen-bond acceptors (Lipinski definition) is 4. The van der Waals surface area contributed by atoms with Gasteiger partial charge in [0.1, 0.15) is 4.64 Å². The van der Waals surface area contributed by atoms with E-state index in [1.807, 2.05) is 42.2 Å². The molecule has 0 unspecified atom stereocenters. The van der Waals surface area contributed by atoms with Gasteiger partial charge in [0, 0.05) is 30.1 Å². The minimum atomic E-state index is 0.504. The Morgan fingerprint density at radius 2 is 2.14 bits per heavy atom. The van der Waals surface area contributed by atoms with Crippen molar-refractivity contribution in [2.45, 2.75) is 25.7 Å². The van der Waals surface area contributed by atoms with E-state index >= 15 is 0 Å². The van der Waals surface area contributed by atoms with Gasteiger partial charge in [-0.15, -0.1) is 0 Å². The fourth-order valence-electron chi connectivity index (χ4n) is 2.45. The van der Waals surface area contributed by atoms with Gasteiger partial charge in [0.15, 0.2) is 11.6 Å². The minimum absolute atomic E-state index is 0.504. The second-order valence-electron chi connectivity index (χ2n) is 5.58. The smallest absolute Gasteiger partial charge is 0.164 e. The van der Waals surface area contributed by atoms with Crippen LogP contribution < -0.4 is 0 Å². The number of nitrogens with one attached hydrogen (secondary N) is 1. The molecule has 0 bridgehead atoms. The van der Waals surface area contributed by atoms with E-state index in [1.54, 1.807) is 6.20 Å². The summed E-state index contributed by atoms with van der Waals surface area (Å²) in [7, 11) is 0. The van der Waals surface area contributed by atoms with Crippen LogP contribution in [0.25, 0.3) is 17.1 Å². The first-order chi connectivity index (χ1) is 10.7. The number of aromatic nitrogens is 5. The van der Waals surface area contributed by atoms with Crippen LogP contribution in [0.3, 0.4) is 0 Å². The summed E-state index contributed by atoms with van der Waals surface area (Å²) in [6.45, 7) is 2.03. The van der Waals surface area contributed by atoms with Crippen LogP contribution in [0.2, 0.25) is 0 Å². The third kappa shape index (κ3) is 2.35. The summed E-state index contributed by atoms with van der Waals surface area (Å²) in [4.78, 5) is 12.0. The first kappa shape index (κ1) is 13.3. The number of rotatable bonds is 3. The molecule has 0 aromatic carbocycles. The van der Waals surface area contributed by atoms with E-state index in [1.165, 1.54) is 12.8 Å². The summed E-state index contributed by atoms with van der Waals surface area (Å²) < 4.78 is 2.62. The van der Waals surface area contributed by atoms with Crippen molar-refractivity contribution >= 4 is 12.2 Å². The molecule has 0 spiro atoms. The van der Waals surface area contributed by atoms with Gasteiger partial charge in [-0.1, -0.05) is 12.2 Å². The van der Waals surface area contributed by atoms with Crippen LogP contribution in [-0.2, 0) is 0 Å². The van der Waals surface area contributed by atoms with Crippen molar-refractivity contribution < 1.29 is 0 Å². The van der Waals surface area contributed by atoms with Crippen LogP contribution in [0.5, 0.6) is 0 Å². The topological polar surface area (TPSA) is 59.4 Å². The summed E-state index contributed by atoms with van der Waals surface area (Å²) in [5, 5.41) is 4.74. The average Bonchev–Trinajstić information content (AvgIpc) is 3.29. The van der Waals surface area contributed by atoms with E-state index in [0.29, 0.717) is 10.6 Å². The second-order valence-corrected chi connectivity index (χ2v) is 6.02. The molecule has 3 aromatic heterocycles. The van der Waals surface area contributed by atoms with Gasteiger partial charge in [-0.2, -0.15) is 5.10 Å². The molecule has 0 atom stereocenters. The van der Waals surface area contributed by atoms with Gasteiger partial charge in [-0.25, -0.2) is 9.67 Å². The van der Waals surface area contributed by atoms with E-state index < -0.39 is 0 Å². The molecule has 22 heavy (non-hydrogen) atoms. The molecule has 3 heterocycles. The van der Waals surface area contributed by atoms with Crippen LogP contribution in [0.15, 0.2) is 36.8 Å². The number of pyridine rings is 2. The molecule has 4 rings (SSSR count). The summed E-state index contributed by atoms with van der Waals surface area (Å²) in [6.07, 6.45) is 7.86. The maximum Gasteiger partial charge on any atom is 0.164 e. The van der Waals surface area contributed by atoms with Crippen molar-refractivity contribution in [1.29, 1.82) is 0 Å². The lowest BCUT2D eigenvalue weighted by atomic mass is 10.2. The van der Waals surface area contributed by atoms with Crippen molar-refractivity contribution in [2.75, 3.05) is 0 Å². The van der Waals surface area contributed by atoms with Gasteiger partial charge in [0.05, 0.1) is 5.69 Å². The Hall–Kier alpha value is -2.34. The summed E-state index contributed by atoms with van der Waals surface area (Å²) >= 11 is 5.12. The lowest BCUT2D eigenvalue weighted by Crippen LogP contribution is -2.02. The lowest BCUT2D eigenvalue weighted by molar-refractivity contribution is 0.831. The van der Waals surface area contributed by atoms with E-state index in [4.69, 9.17) is 22.3 Å². The van der Waals surface area contributed by atoms with Gasteiger partial charge in [0.2, 0.25) is 0 Å². The molecule has 5 nitrogen and oxygen atoms in total. The molecule has 1 saturated carbocycles. The molecule has 1 N–H and O–H groups in total. The van der Waals surface area contributed by atoms with Gasteiger partial charge in [-0.3, -0.25) is 4.98 Å². The summed E-state index contributed by atoms with van der Waals surface area (Å²) in [5.74, 6) is 2.26. The second kappa shape index (κ2) is 5.14. The maximum atomic E-state index is 5.12. The molecule has 6 heteroatoms. The Bertz CT molecular complexity index is 871. The summed E-state index contributed by atoms with van der Waals surface area (Å²) in [6, 6.07) is 5.82. The quantitative estimate of drug-likeness (QED) is 0.751. The fourth-order valence-corrected chi connectivity index (χ4v) is 2.58. The molecular formula is C16H15N5S. The van der Waals surface area contributed by atoms with Gasteiger partial charge < -0.3 is 4.98 Å². The molecular weight excluding hydrogens is 294 g/mol. The normalized spacial score (nSPS) is 14.2. The van der Waals surface area contributed by atoms with E-state index in [-0.39, 0.29) is 0 Å². The monoisotopic (exact) mass is 309 g/mol. The van der Waals surface area contributed by atoms with Gasteiger partial charge in [-0.05, 0) is 43.5 Å². The molecule has 0 aliphatic heterocycles. The van der Waals surface area contributed by atoms with Crippen molar-refractivity contribution in [3.05, 3.63) is 52.8 Å². The molecule has 1 aliphatic rings. The zero-order valence-corrected chi connectivity index (χ0v) is 13.0. The number of H-pyrrole nitrogens is 1. The Morgan fingerprint density at radius 3 is 2.82 bits per heavy atom. The first-order valence-corrected chi connectivity index (χ1v) is 7.70. The predicted octanol–water partition coefficient (Wildman–Crippen LogP) is 3.57. The number of hydrogen-bond donors (Lipinski definition) is 1. The molecule has 3 aromatic rings. The van der Waals surface area contributed by atoms with Crippen molar-refractivity contribution in [2.24, 2.45) is 0 Å². The average molecular weight is 309 g/mol. The summed E-state index contributed by atoms with van der Waals surface area (Å²) in [5.41, 5.74) is 3.05. The highest BCUT2D eigenvalue weighted by Crippen LogP contribution is 2.39. The first-order valence-electron chi connectivity index (χ1n) is 7.29. The number of aryl methyl sites for hydroxylation is 1. The zero-order chi connectivity index (χ0) is 15.1. The third-order valence-corrected chi connectivity index (χ3v) is 4.08. The fraction of sp³-hybridized carbons (Fsp3) is 0.250. The van der Waals surface area contributed by atoms with Gasteiger partial charge >= 0.3 is 0 Å². The minimum Gasteiger partial charge on any atom is -0.352 e. The maximum absolute atomic E-state index is 5.12. The van der Waals surface area contributed by atoms with Gasteiger partial charge in [0.25, 0.3) is 0 Å². The van der Waals surface area contributed by atoms with Crippen molar-refractivity contribution in [3.8, 4) is 17.1 Å². The zero-order valence-electron chi connectivity index (χ0n) is 12.2. The molecule has 110 valence electrons. The Kier molecular flexibility index (Phi) is 3.11. The standard InChI is InChI=1S/C16H15N5S/c1-10-8-17-7-6-13(10)21-16(12-4-5-14(22)18-9-12)19-15(20-21)11-2-3-11/h4-9,11H,2-3H2,1H3,(H,18,22). The molecule has 0 amide bonds. The largest absolute Gasteiger partial charge is 0.352 e. The van der Waals surface area contributed by atoms with Crippen LogP contribution in [0, 0.1) is 11.6 Å². The van der Waals surface area contributed by atoms with E-state index in [0.717, 1.165) is 28.5 Å². The van der Waals surface area contributed by atoms with Crippen LogP contribution in [-0.4, -0.2) is 24.7 Å². The lowest BCUT2D eigenvalue weighted by Gasteiger charge is -2.08. The van der Waals surface area contributed by atoms with Crippen LogP contribution in [0.1, 0.15) is 30.1 Å². The van der Waals surface area contributed by atoms with E-state index in [9.17, 15) is 0 Å². The van der Waals surface area contributed by atoms with Crippen LogP contribution in [0.4, 0.5) is 0 Å². The molecule has 0 radical (unpaired) electrons. The van der Waals surface area contributed by atoms with Crippen molar-refractivity contribution in [1.82, 2.24) is 24.7 Å². The van der Waals surface area contributed by atoms with Crippen LogP contribution >= 0.6 is 12.2 Å². The van der Waals surface area contributed by atoms with E-state index in [2.05, 4.69) is 9.97 Å². The number of aromatic amines is 1. The highest BCUT2D eigenvalue weighted by atomic mass is 32.1.